The smallest absolute Gasteiger partial charge is 0.147 e. The number of nitrogen functional groups attached to an aromatic ring is 1. The third-order valence-corrected chi connectivity index (χ3v) is 5.57. The second kappa shape index (κ2) is 8.13. The summed E-state index contributed by atoms with van der Waals surface area (Å²) in [7, 11) is 4.08. The molecule has 8 heteroatoms. The number of rotatable bonds is 6. The molecule has 0 bridgehead atoms. The van der Waals surface area contributed by atoms with E-state index in [1.165, 1.54) is 6.33 Å². The Morgan fingerprint density at radius 3 is 2.90 bits per heavy atom. The molecular weight excluding hydrogens is 392 g/mol. The molecule has 5 rings (SSSR count). The van der Waals surface area contributed by atoms with Gasteiger partial charge in [-0.1, -0.05) is 6.07 Å². The Kier molecular flexibility index (Phi) is 5.17. The number of fused-ring (bicyclic) bond motifs is 2. The molecule has 0 spiro atoms. The summed E-state index contributed by atoms with van der Waals surface area (Å²) in [5.74, 6) is 1.29. The average Bonchev–Trinajstić information content (AvgIpc) is 3.39. The Morgan fingerprint density at radius 2 is 2.03 bits per heavy atom. The second-order valence-electron chi connectivity index (χ2n) is 8.22. The van der Waals surface area contributed by atoms with Crippen molar-refractivity contribution in [3.8, 4) is 5.75 Å². The van der Waals surface area contributed by atoms with Crippen LogP contribution in [0.1, 0.15) is 24.8 Å². The molecular formula is C23H26N6O2. The SMILES string of the molecule is CN(C)Cc1ccc2ccc(OC[C@@H]3CC[C@H](n4ccc5c(N)ncnc54)O3)cc2n1. The minimum atomic E-state index is -0.0766. The second-order valence-corrected chi connectivity index (χ2v) is 8.22. The fraction of sp³-hybridized carbons (Fsp3) is 0.348. The minimum Gasteiger partial charge on any atom is -0.491 e. The zero-order chi connectivity index (χ0) is 21.4. The van der Waals surface area contributed by atoms with E-state index in [4.69, 9.17) is 20.2 Å². The van der Waals surface area contributed by atoms with Crippen LogP contribution < -0.4 is 10.5 Å². The van der Waals surface area contributed by atoms with E-state index in [-0.39, 0.29) is 12.3 Å². The van der Waals surface area contributed by atoms with Gasteiger partial charge in [0.25, 0.3) is 0 Å². The van der Waals surface area contributed by atoms with Gasteiger partial charge in [0.1, 0.15) is 36.4 Å². The van der Waals surface area contributed by atoms with Crippen LogP contribution in [-0.4, -0.2) is 51.2 Å². The van der Waals surface area contributed by atoms with Crippen molar-refractivity contribution in [3.63, 3.8) is 0 Å². The maximum absolute atomic E-state index is 6.24. The van der Waals surface area contributed by atoms with E-state index < -0.39 is 0 Å². The molecule has 0 unspecified atom stereocenters. The van der Waals surface area contributed by atoms with E-state index in [2.05, 4.69) is 27.0 Å². The lowest BCUT2D eigenvalue weighted by Gasteiger charge is -2.16. The molecule has 1 aliphatic rings. The Bertz CT molecular complexity index is 1220. The van der Waals surface area contributed by atoms with E-state index in [0.29, 0.717) is 12.4 Å². The number of aromatic nitrogens is 4. The first kappa shape index (κ1) is 19.7. The van der Waals surface area contributed by atoms with Gasteiger partial charge in [-0.25, -0.2) is 9.97 Å². The number of pyridine rings is 1. The van der Waals surface area contributed by atoms with Gasteiger partial charge >= 0.3 is 0 Å². The molecule has 8 nitrogen and oxygen atoms in total. The Morgan fingerprint density at radius 1 is 1.16 bits per heavy atom. The van der Waals surface area contributed by atoms with Crippen molar-refractivity contribution in [2.24, 2.45) is 0 Å². The van der Waals surface area contributed by atoms with Gasteiger partial charge in [-0.15, -0.1) is 0 Å². The fourth-order valence-electron chi connectivity index (χ4n) is 4.07. The van der Waals surface area contributed by atoms with E-state index >= 15 is 0 Å². The molecule has 1 aliphatic heterocycles. The van der Waals surface area contributed by atoms with Crippen molar-refractivity contribution < 1.29 is 9.47 Å². The van der Waals surface area contributed by atoms with Crippen LogP contribution in [0.5, 0.6) is 5.75 Å². The van der Waals surface area contributed by atoms with E-state index in [0.717, 1.165) is 52.8 Å². The predicted molar refractivity (Wildman–Crippen MR) is 120 cm³/mol. The molecule has 160 valence electrons. The molecule has 2 N–H and O–H groups in total. The molecule has 1 fully saturated rings. The molecule has 0 saturated carbocycles. The van der Waals surface area contributed by atoms with Crippen LogP contribution in [0.25, 0.3) is 21.9 Å². The lowest BCUT2D eigenvalue weighted by atomic mass is 10.2. The average molecular weight is 419 g/mol. The van der Waals surface area contributed by atoms with Gasteiger partial charge in [-0.3, -0.25) is 4.98 Å². The Labute approximate surface area is 180 Å². The largest absolute Gasteiger partial charge is 0.491 e. The van der Waals surface area contributed by atoms with Crippen LogP contribution in [0.3, 0.4) is 0 Å². The maximum atomic E-state index is 6.24. The molecule has 31 heavy (non-hydrogen) atoms. The van der Waals surface area contributed by atoms with Crippen molar-refractivity contribution in [1.29, 1.82) is 0 Å². The number of hydrogen-bond acceptors (Lipinski definition) is 7. The quantitative estimate of drug-likeness (QED) is 0.513. The van der Waals surface area contributed by atoms with Crippen molar-refractivity contribution in [3.05, 3.63) is 54.6 Å². The zero-order valence-electron chi connectivity index (χ0n) is 17.7. The summed E-state index contributed by atoms with van der Waals surface area (Å²) < 4.78 is 14.3. The highest BCUT2D eigenvalue weighted by atomic mass is 16.6. The Balaban J connectivity index is 1.25. The van der Waals surface area contributed by atoms with Gasteiger partial charge in [0, 0.05) is 24.2 Å². The van der Waals surface area contributed by atoms with Gasteiger partial charge in [-0.2, -0.15) is 0 Å². The summed E-state index contributed by atoms with van der Waals surface area (Å²) >= 11 is 0. The van der Waals surface area contributed by atoms with Crippen LogP contribution in [0, 0.1) is 0 Å². The first-order valence-electron chi connectivity index (χ1n) is 10.5. The first-order valence-corrected chi connectivity index (χ1v) is 10.5. The zero-order valence-corrected chi connectivity index (χ0v) is 17.7. The standard InChI is InChI=1S/C23H26N6O2/c1-28(2)12-16-5-3-15-4-6-17(11-20(15)27-16)30-13-18-7-8-21(31-18)29-10-9-19-22(24)25-14-26-23(19)29/h3-6,9-11,14,18,21H,7-8,12-13H2,1-2H3,(H2,24,25,26)/t18-,21+/m0/s1. The predicted octanol–water partition coefficient (Wildman–Crippen LogP) is 3.38. The maximum Gasteiger partial charge on any atom is 0.147 e. The summed E-state index contributed by atoms with van der Waals surface area (Å²) in [6.07, 6.45) is 5.21. The molecule has 2 atom stereocenters. The van der Waals surface area contributed by atoms with Crippen LogP contribution in [0.4, 0.5) is 5.82 Å². The topological polar surface area (TPSA) is 91.3 Å². The monoisotopic (exact) mass is 418 g/mol. The summed E-state index contributed by atoms with van der Waals surface area (Å²) in [5, 5.41) is 1.95. The van der Waals surface area contributed by atoms with Gasteiger partial charge in [-0.05, 0) is 51.2 Å². The number of nitrogens with two attached hydrogens (primary N) is 1. The molecule has 1 saturated heterocycles. The summed E-state index contributed by atoms with van der Waals surface area (Å²) in [4.78, 5) is 15.3. The minimum absolute atomic E-state index is 0.0189. The third-order valence-electron chi connectivity index (χ3n) is 5.57. The highest BCUT2D eigenvalue weighted by molar-refractivity contribution is 5.86. The summed E-state index contributed by atoms with van der Waals surface area (Å²) in [6, 6.07) is 12.1. The number of ether oxygens (including phenoxy) is 2. The van der Waals surface area contributed by atoms with Crippen molar-refractivity contribution in [1.82, 2.24) is 24.4 Å². The summed E-state index contributed by atoms with van der Waals surface area (Å²) in [6.45, 7) is 1.30. The van der Waals surface area contributed by atoms with Gasteiger partial charge in [0.2, 0.25) is 0 Å². The third kappa shape index (κ3) is 4.04. The number of hydrogen-bond donors (Lipinski definition) is 1. The van der Waals surface area contributed by atoms with E-state index in [1.807, 2.05) is 49.1 Å². The van der Waals surface area contributed by atoms with E-state index in [1.54, 1.807) is 0 Å². The molecule has 1 aromatic carbocycles. The van der Waals surface area contributed by atoms with Crippen LogP contribution in [0.2, 0.25) is 0 Å². The molecule has 0 aliphatic carbocycles. The molecule has 4 heterocycles. The number of benzene rings is 1. The fourth-order valence-corrected chi connectivity index (χ4v) is 4.07. The van der Waals surface area contributed by atoms with Gasteiger partial charge in [0.15, 0.2) is 0 Å². The molecule has 4 aromatic rings. The van der Waals surface area contributed by atoms with Crippen LogP contribution >= 0.6 is 0 Å². The lowest BCUT2D eigenvalue weighted by Crippen LogP contribution is -2.18. The lowest BCUT2D eigenvalue weighted by molar-refractivity contribution is -0.0156. The van der Waals surface area contributed by atoms with Crippen LogP contribution in [0.15, 0.2) is 48.9 Å². The Hall–Kier alpha value is -3.23. The number of nitrogens with zero attached hydrogens (tertiary/aromatic N) is 5. The highest BCUT2D eigenvalue weighted by Gasteiger charge is 2.28. The van der Waals surface area contributed by atoms with Crippen molar-refractivity contribution >= 4 is 27.8 Å². The van der Waals surface area contributed by atoms with E-state index in [9.17, 15) is 0 Å². The van der Waals surface area contributed by atoms with Crippen LogP contribution in [-0.2, 0) is 11.3 Å². The van der Waals surface area contributed by atoms with Crippen molar-refractivity contribution in [2.45, 2.75) is 31.7 Å². The highest BCUT2D eigenvalue weighted by Crippen LogP contribution is 2.32. The number of anilines is 1. The molecule has 0 radical (unpaired) electrons. The van der Waals surface area contributed by atoms with Gasteiger partial charge < -0.3 is 24.7 Å². The van der Waals surface area contributed by atoms with Gasteiger partial charge in [0.05, 0.1) is 22.7 Å². The first-order chi connectivity index (χ1) is 15.1. The summed E-state index contributed by atoms with van der Waals surface area (Å²) in [5.41, 5.74) is 8.73. The normalized spacial score (nSPS) is 18.9. The molecule has 3 aromatic heterocycles. The van der Waals surface area contributed by atoms with Crippen molar-refractivity contribution in [2.75, 3.05) is 26.4 Å². The molecule has 0 amide bonds.